The number of halogens is 1. The molecule has 0 unspecified atom stereocenters. The molecular weight excluding hydrogens is 422 g/mol. The molecule has 2 heterocycles. The van der Waals surface area contributed by atoms with E-state index in [0.717, 1.165) is 40.8 Å². The quantitative estimate of drug-likeness (QED) is 0.424. The second kappa shape index (κ2) is 8.23. The minimum absolute atomic E-state index is 0.102. The van der Waals surface area contributed by atoms with Crippen molar-refractivity contribution in [2.24, 2.45) is 0 Å². The van der Waals surface area contributed by atoms with Crippen molar-refractivity contribution < 1.29 is 4.79 Å². The highest BCUT2D eigenvalue weighted by molar-refractivity contribution is 9.10. The van der Waals surface area contributed by atoms with E-state index >= 15 is 0 Å². The summed E-state index contributed by atoms with van der Waals surface area (Å²) in [5.41, 5.74) is 4.17. The summed E-state index contributed by atoms with van der Waals surface area (Å²) in [5.74, 6) is 0.433. The zero-order valence-electron chi connectivity index (χ0n) is 14.6. The van der Waals surface area contributed by atoms with E-state index < -0.39 is 0 Å². The van der Waals surface area contributed by atoms with Crippen molar-refractivity contribution in [3.8, 4) is 11.3 Å². The maximum absolute atomic E-state index is 12.8. The van der Waals surface area contributed by atoms with Crippen LogP contribution >= 0.6 is 27.7 Å². The fraction of sp³-hybridized carbons (Fsp3) is 0.190. The minimum Gasteiger partial charge on any atom is -0.311 e. The SMILES string of the molecule is O=C(CSc1nccc(-c2ccc(Br)cc2)n1)N1CCCc2ccccc21. The molecule has 0 N–H and O–H groups in total. The first-order valence-corrected chi connectivity index (χ1v) is 10.6. The second-order valence-corrected chi connectivity index (χ2v) is 8.16. The average molecular weight is 440 g/mol. The van der Waals surface area contributed by atoms with Gasteiger partial charge in [0, 0.05) is 28.5 Å². The van der Waals surface area contributed by atoms with Gasteiger partial charge in [0.15, 0.2) is 5.16 Å². The summed E-state index contributed by atoms with van der Waals surface area (Å²) in [6.45, 7) is 0.774. The third kappa shape index (κ3) is 4.22. The highest BCUT2D eigenvalue weighted by Crippen LogP contribution is 2.28. The molecule has 0 atom stereocenters. The lowest BCUT2D eigenvalue weighted by atomic mass is 10.0. The lowest BCUT2D eigenvalue weighted by Gasteiger charge is -2.29. The van der Waals surface area contributed by atoms with E-state index in [-0.39, 0.29) is 5.91 Å². The number of benzene rings is 2. The largest absolute Gasteiger partial charge is 0.311 e. The van der Waals surface area contributed by atoms with Crippen molar-refractivity contribution in [2.75, 3.05) is 17.2 Å². The van der Waals surface area contributed by atoms with E-state index in [4.69, 9.17) is 0 Å². The molecule has 2 aromatic carbocycles. The zero-order valence-corrected chi connectivity index (χ0v) is 17.0. The highest BCUT2D eigenvalue weighted by Gasteiger charge is 2.22. The Kier molecular flexibility index (Phi) is 5.55. The summed E-state index contributed by atoms with van der Waals surface area (Å²) >= 11 is 4.83. The Balaban J connectivity index is 1.46. The number of carbonyl (C=O) groups is 1. The van der Waals surface area contributed by atoms with Gasteiger partial charge in [-0.05, 0) is 42.7 Å². The second-order valence-electron chi connectivity index (χ2n) is 6.30. The van der Waals surface area contributed by atoms with Crippen molar-refractivity contribution >= 4 is 39.3 Å². The van der Waals surface area contributed by atoms with Crippen molar-refractivity contribution in [3.05, 3.63) is 70.8 Å². The summed E-state index contributed by atoms with van der Waals surface area (Å²) in [6.07, 6.45) is 3.78. The van der Waals surface area contributed by atoms with E-state index in [1.54, 1.807) is 6.20 Å². The van der Waals surface area contributed by atoms with Crippen LogP contribution in [0, 0.1) is 0 Å². The Morgan fingerprint density at radius 3 is 2.78 bits per heavy atom. The number of hydrogen-bond donors (Lipinski definition) is 0. The van der Waals surface area contributed by atoms with Gasteiger partial charge in [0.25, 0.3) is 0 Å². The lowest BCUT2D eigenvalue weighted by Crippen LogP contribution is -2.36. The summed E-state index contributed by atoms with van der Waals surface area (Å²) in [5, 5.41) is 0.620. The van der Waals surface area contributed by atoms with Gasteiger partial charge in [0.1, 0.15) is 0 Å². The molecule has 0 fully saturated rings. The summed E-state index contributed by atoms with van der Waals surface area (Å²) in [4.78, 5) is 23.6. The van der Waals surface area contributed by atoms with Gasteiger partial charge in [0.2, 0.25) is 5.91 Å². The molecule has 0 bridgehead atoms. The molecule has 1 amide bonds. The first-order valence-electron chi connectivity index (χ1n) is 8.81. The van der Waals surface area contributed by atoms with Crippen LogP contribution in [0.4, 0.5) is 5.69 Å². The lowest BCUT2D eigenvalue weighted by molar-refractivity contribution is -0.116. The van der Waals surface area contributed by atoms with Crippen LogP contribution in [0.25, 0.3) is 11.3 Å². The van der Waals surface area contributed by atoms with Crippen LogP contribution in [0.5, 0.6) is 0 Å². The number of aryl methyl sites for hydroxylation is 1. The van der Waals surface area contributed by atoms with Crippen molar-refractivity contribution in [1.82, 2.24) is 9.97 Å². The topological polar surface area (TPSA) is 46.1 Å². The molecule has 136 valence electrons. The summed E-state index contributed by atoms with van der Waals surface area (Å²) in [7, 11) is 0. The van der Waals surface area contributed by atoms with E-state index in [9.17, 15) is 4.79 Å². The number of nitrogens with zero attached hydrogens (tertiary/aromatic N) is 3. The smallest absolute Gasteiger partial charge is 0.237 e. The van der Waals surface area contributed by atoms with E-state index in [1.807, 2.05) is 53.4 Å². The first kappa shape index (κ1) is 18.2. The van der Waals surface area contributed by atoms with Crippen LogP contribution in [0.15, 0.2) is 70.4 Å². The molecule has 27 heavy (non-hydrogen) atoms. The van der Waals surface area contributed by atoms with E-state index in [2.05, 4.69) is 32.0 Å². The first-order chi connectivity index (χ1) is 13.2. The molecule has 4 rings (SSSR count). The molecule has 1 aliphatic heterocycles. The van der Waals surface area contributed by atoms with Gasteiger partial charge in [-0.15, -0.1) is 0 Å². The Morgan fingerprint density at radius 2 is 1.93 bits per heavy atom. The number of fused-ring (bicyclic) bond motifs is 1. The molecule has 0 radical (unpaired) electrons. The fourth-order valence-electron chi connectivity index (χ4n) is 3.19. The maximum Gasteiger partial charge on any atom is 0.237 e. The Bertz CT molecular complexity index is 962. The fourth-order valence-corrected chi connectivity index (χ4v) is 4.16. The van der Waals surface area contributed by atoms with Gasteiger partial charge in [-0.3, -0.25) is 4.79 Å². The van der Waals surface area contributed by atoms with Crippen molar-refractivity contribution in [1.29, 1.82) is 0 Å². The number of thioether (sulfide) groups is 1. The van der Waals surface area contributed by atoms with Gasteiger partial charge >= 0.3 is 0 Å². The number of aromatic nitrogens is 2. The molecule has 0 spiro atoms. The predicted octanol–water partition coefficient (Wildman–Crippen LogP) is 4.98. The Morgan fingerprint density at radius 1 is 1.11 bits per heavy atom. The van der Waals surface area contributed by atoms with Gasteiger partial charge in [-0.1, -0.05) is 58.0 Å². The third-order valence-corrected chi connectivity index (χ3v) is 5.88. The van der Waals surface area contributed by atoms with Crippen LogP contribution in [0.3, 0.4) is 0 Å². The zero-order chi connectivity index (χ0) is 18.6. The van der Waals surface area contributed by atoms with Gasteiger partial charge in [-0.25, -0.2) is 9.97 Å². The Hall–Kier alpha value is -2.18. The number of hydrogen-bond acceptors (Lipinski definition) is 4. The standard InChI is InChI=1S/C21H18BrN3OS/c22-17-9-7-15(8-10-17)18-11-12-23-21(24-18)27-14-20(26)25-13-3-5-16-4-1-2-6-19(16)25/h1-2,4,6-12H,3,5,13-14H2. The molecule has 3 aromatic rings. The van der Waals surface area contributed by atoms with Crippen molar-refractivity contribution in [2.45, 2.75) is 18.0 Å². The van der Waals surface area contributed by atoms with E-state index in [1.165, 1.54) is 17.3 Å². The molecule has 4 nitrogen and oxygen atoms in total. The normalized spacial score (nSPS) is 13.3. The molecule has 1 aliphatic rings. The Labute approximate surface area is 171 Å². The number of amides is 1. The minimum atomic E-state index is 0.102. The van der Waals surface area contributed by atoms with Crippen LogP contribution in [-0.4, -0.2) is 28.2 Å². The number of para-hydroxylation sites is 1. The van der Waals surface area contributed by atoms with E-state index in [0.29, 0.717) is 10.9 Å². The molecule has 0 aliphatic carbocycles. The van der Waals surface area contributed by atoms with Crippen LogP contribution in [0.2, 0.25) is 0 Å². The number of rotatable bonds is 4. The molecule has 6 heteroatoms. The molecular formula is C21H18BrN3OS. The summed E-state index contributed by atoms with van der Waals surface area (Å²) < 4.78 is 1.03. The monoisotopic (exact) mass is 439 g/mol. The third-order valence-electron chi connectivity index (χ3n) is 4.51. The van der Waals surface area contributed by atoms with Gasteiger partial charge in [0.05, 0.1) is 11.4 Å². The van der Waals surface area contributed by atoms with Crippen molar-refractivity contribution in [3.63, 3.8) is 0 Å². The summed E-state index contributed by atoms with van der Waals surface area (Å²) in [6, 6.07) is 18.0. The molecule has 0 saturated heterocycles. The van der Waals surface area contributed by atoms with Gasteiger partial charge in [-0.2, -0.15) is 0 Å². The number of carbonyl (C=O) groups excluding carboxylic acids is 1. The van der Waals surface area contributed by atoms with Crippen LogP contribution in [-0.2, 0) is 11.2 Å². The maximum atomic E-state index is 12.8. The predicted molar refractivity (Wildman–Crippen MR) is 113 cm³/mol. The molecule has 0 saturated carbocycles. The number of anilines is 1. The van der Waals surface area contributed by atoms with Crippen LogP contribution < -0.4 is 4.90 Å². The van der Waals surface area contributed by atoms with Gasteiger partial charge < -0.3 is 4.90 Å². The average Bonchev–Trinajstić information content (AvgIpc) is 2.72. The highest BCUT2D eigenvalue weighted by atomic mass is 79.9. The van der Waals surface area contributed by atoms with Crippen LogP contribution in [0.1, 0.15) is 12.0 Å². The molecule has 1 aromatic heterocycles.